The van der Waals surface area contributed by atoms with Gasteiger partial charge in [-0.2, -0.15) is 15.0 Å². The Labute approximate surface area is 114 Å². The summed E-state index contributed by atoms with van der Waals surface area (Å²) in [5.41, 5.74) is 0.714. The molecule has 0 radical (unpaired) electrons. The van der Waals surface area contributed by atoms with Crippen molar-refractivity contribution in [3.05, 3.63) is 23.0 Å². The highest BCUT2D eigenvalue weighted by Crippen LogP contribution is 2.23. The second kappa shape index (κ2) is 5.04. The molecule has 3 heterocycles. The average Bonchev–Trinajstić information content (AvgIpc) is 3.09. The molecule has 0 atom stereocenters. The highest BCUT2D eigenvalue weighted by Gasteiger charge is 2.27. The Hall–Kier alpha value is -1.83. The Morgan fingerprint density at radius 1 is 1.32 bits per heavy atom. The van der Waals surface area contributed by atoms with E-state index in [9.17, 15) is 4.79 Å². The molecule has 1 aliphatic rings. The van der Waals surface area contributed by atoms with Crippen LogP contribution in [0, 0.1) is 6.92 Å². The number of rotatable bonds is 2. The van der Waals surface area contributed by atoms with E-state index in [2.05, 4.69) is 19.8 Å². The lowest BCUT2D eigenvalue weighted by Crippen LogP contribution is -2.39. The van der Waals surface area contributed by atoms with Crippen molar-refractivity contribution in [2.75, 3.05) is 13.1 Å². The fourth-order valence-corrected chi connectivity index (χ4v) is 2.91. The average molecular weight is 278 g/mol. The van der Waals surface area contributed by atoms with Crippen molar-refractivity contribution < 1.29 is 4.79 Å². The van der Waals surface area contributed by atoms with Gasteiger partial charge in [0.05, 0.1) is 24.1 Å². The van der Waals surface area contributed by atoms with E-state index in [1.54, 1.807) is 17.2 Å². The number of hydrogen-bond acceptors (Lipinski definition) is 6. The molecule has 1 amide bonds. The molecule has 0 bridgehead atoms. The zero-order valence-electron chi connectivity index (χ0n) is 10.6. The van der Waals surface area contributed by atoms with Gasteiger partial charge in [0.2, 0.25) is 0 Å². The highest BCUT2D eigenvalue weighted by atomic mass is 32.1. The molecule has 0 N–H and O–H groups in total. The predicted molar refractivity (Wildman–Crippen MR) is 68.8 cm³/mol. The summed E-state index contributed by atoms with van der Waals surface area (Å²) in [6.07, 6.45) is 5.13. The first kappa shape index (κ1) is 12.2. The van der Waals surface area contributed by atoms with E-state index in [1.165, 1.54) is 11.5 Å². The molecule has 0 spiro atoms. The van der Waals surface area contributed by atoms with E-state index in [0.29, 0.717) is 16.6 Å². The molecule has 100 valence electrons. The maximum absolute atomic E-state index is 12.3. The quantitative estimate of drug-likeness (QED) is 0.816. The maximum Gasteiger partial charge on any atom is 0.267 e. The van der Waals surface area contributed by atoms with E-state index in [0.717, 1.165) is 25.9 Å². The Balaban J connectivity index is 1.64. The third-order valence-electron chi connectivity index (χ3n) is 3.36. The molecule has 0 aliphatic carbocycles. The van der Waals surface area contributed by atoms with Crippen LogP contribution < -0.4 is 0 Å². The van der Waals surface area contributed by atoms with Crippen LogP contribution >= 0.6 is 11.5 Å². The standard InChI is InChI=1S/C11H14N6OS/c1-8-10(19-15-14-8)11(18)16-6-2-9(3-7-16)17-12-4-5-13-17/h4-5,9H,2-3,6-7H2,1H3. The van der Waals surface area contributed by atoms with Crippen molar-refractivity contribution in [2.45, 2.75) is 25.8 Å². The minimum Gasteiger partial charge on any atom is -0.338 e. The fourth-order valence-electron chi connectivity index (χ4n) is 2.29. The van der Waals surface area contributed by atoms with Crippen LogP contribution in [0.2, 0.25) is 0 Å². The van der Waals surface area contributed by atoms with Crippen molar-refractivity contribution in [1.82, 2.24) is 29.5 Å². The number of piperidine rings is 1. The number of nitrogens with zero attached hydrogens (tertiary/aromatic N) is 6. The second-order valence-corrected chi connectivity index (χ2v) is 5.31. The lowest BCUT2D eigenvalue weighted by molar-refractivity contribution is 0.0687. The van der Waals surface area contributed by atoms with Crippen molar-refractivity contribution in [3.8, 4) is 0 Å². The van der Waals surface area contributed by atoms with Crippen LogP contribution in [0.15, 0.2) is 12.4 Å². The largest absolute Gasteiger partial charge is 0.338 e. The van der Waals surface area contributed by atoms with Crippen LogP contribution in [0.3, 0.4) is 0 Å². The third-order valence-corrected chi connectivity index (χ3v) is 4.18. The van der Waals surface area contributed by atoms with E-state index >= 15 is 0 Å². The molecule has 7 nitrogen and oxygen atoms in total. The van der Waals surface area contributed by atoms with Gasteiger partial charge in [0, 0.05) is 13.1 Å². The van der Waals surface area contributed by atoms with Gasteiger partial charge in [0.15, 0.2) is 0 Å². The van der Waals surface area contributed by atoms with Gasteiger partial charge in [-0.25, -0.2) is 0 Å². The van der Waals surface area contributed by atoms with E-state index in [-0.39, 0.29) is 5.91 Å². The van der Waals surface area contributed by atoms with E-state index < -0.39 is 0 Å². The summed E-state index contributed by atoms with van der Waals surface area (Å²) < 4.78 is 3.81. The normalized spacial score (nSPS) is 16.8. The number of likely N-dealkylation sites (tertiary alicyclic amines) is 1. The van der Waals surface area contributed by atoms with Gasteiger partial charge in [-0.1, -0.05) is 4.49 Å². The zero-order valence-corrected chi connectivity index (χ0v) is 11.4. The molecular weight excluding hydrogens is 264 g/mol. The molecule has 1 aliphatic heterocycles. The van der Waals surface area contributed by atoms with Crippen molar-refractivity contribution in [2.24, 2.45) is 0 Å². The summed E-state index contributed by atoms with van der Waals surface area (Å²) in [5.74, 6) is 0.0411. The van der Waals surface area contributed by atoms with Crippen LogP contribution in [0.4, 0.5) is 0 Å². The first-order valence-corrected chi connectivity index (χ1v) is 6.97. The van der Waals surface area contributed by atoms with Gasteiger partial charge in [0.25, 0.3) is 5.91 Å². The summed E-state index contributed by atoms with van der Waals surface area (Å²) in [7, 11) is 0. The predicted octanol–water partition coefficient (Wildman–Crippen LogP) is 0.915. The van der Waals surface area contributed by atoms with Crippen molar-refractivity contribution in [1.29, 1.82) is 0 Å². The molecule has 2 aromatic heterocycles. The molecule has 0 aromatic carbocycles. The Kier molecular flexibility index (Phi) is 3.24. The lowest BCUT2D eigenvalue weighted by atomic mass is 10.1. The van der Waals surface area contributed by atoms with Gasteiger partial charge < -0.3 is 4.90 Å². The van der Waals surface area contributed by atoms with E-state index in [4.69, 9.17) is 0 Å². The Bertz CT molecular complexity index is 558. The summed E-state index contributed by atoms with van der Waals surface area (Å²) >= 11 is 1.17. The van der Waals surface area contributed by atoms with Crippen LogP contribution in [0.5, 0.6) is 0 Å². The number of amides is 1. The molecule has 19 heavy (non-hydrogen) atoms. The van der Waals surface area contributed by atoms with E-state index in [1.807, 2.05) is 11.8 Å². The molecule has 1 fully saturated rings. The topological polar surface area (TPSA) is 76.8 Å². The number of carbonyl (C=O) groups is 1. The van der Waals surface area contributed by atoms with Crippen molar-refractivity contribution in [3.63, 3.8) is 0 Å². The van der Waals surface area contributed by atoms with Crippen LogP contribution in [-0.2, 0) is 0 Å². The van der Waals surface area contributed by atoms with Crippen LogP contribution in [-0.4, -0.2) is 48.5 Å². The number of carbonyl (C=O) groups excluding carboxylic acids is 1. The molecule has 1 saturated heterocycles. The van der Waals surface area contributed by atoms with Gasteiger partial charge >= 0.3 is 0 Å². The van der Waals surface area contributed by atoms with Gasteiger partial charge in [-0.3, -0.25) is 4.79 Å². The van der Waals surface area contributed by atoms with Crippen LogP contribution in [0.25, 0.3) is 0 Å². The first-order valence-electron chi connectivity index (χ1n) is 6.19. The van der Waals surface area contributed by atoms with Gasteiger partial charge in [-0.05, 0) is 31.3 Å². The first-order chi connectivity index (χ1) is 9.25. The monoisotopic (exact) mass is 278 g/mol. The number of aryl methyl sites for hydroxylation is 1. The smallest absolute Gasteiger partial charge is 0.267 e. The molecular formula is C11H14N6OS. The Morgan fingerprint density at radius 3 is 2.58 bits per heavy atom. The Morgan fingerprint density at radius 2 is 2.00 bits per heavy atom. The molecule has 8 heteroatoms. The maximum atomic E-state index is 12.3. The lowest BCUT2D eigenvalue weighted by Gasteiger charge is -2.31. The minimum absolute atomic E-state index is 0.0411. The zero-order chi connectivity index (χ0) is 13.2. The summed E-state index contributed by atoms with van der Waals surface area (Å²) in [5, 5.41) is 12.2. The SMILES string of the molecule is Cc1nnsc1C(=O)N1CCC(n2nccn2)CC1. The number of hydrogen-bond donors (Lipinski definition) is 0. The van der Waals surface area contributed by atoms with Crippen LogP contribution in [0.1, 0.15) is 34.2 Å². The highest BCUT2D eigenvalue weighted by molar-refractivity contribution is 7.07. The summed E-state index contributed by atoms with van der Waals surface area (Å²) in [4.78, 5) is 16.5. The van der Waals surface area contributed by atoms with Gasteiger partial charge in [0.1, 0.15) is 4.88 Å². The molecule has 3 rings (SSSR count). The summed E-state index contributed by atoms with van der Waals surface area (Å²) in [6.45, 7) is 3.27. The molecule has 0 unspecified atom stereocenters. The summed E-state index contributed by atoms with van der Waals surface area (Å²) in [6, 6.07) is 0.291. The molecule has 2 aromatic rings. The second-order valence-electron chi connectivity index (χ2n) is 4.56. The van der Waals surface area contributed by atoms with Gasteiger partial charge in [-0.15, -0.1) is 5.10 Å². The number of aromatic nitrogens is 5. The minimum atomic E-state index is 0.0411. The third kappa shape index (κ3) is 2.35. The van der Waals surface area contributed by atoms with Crippen molar-refractivity contribution >= 4 is 17.4 Å². The fraction of sp³-hybridized carbons (Fsp3) is 0.545. The molecule has 0 saturated carbocycles.